The van der Waals surface area contributed by atoms with Crippen LogP contribution in [0.15, 0.2) is 53.1 Å². The molecule has 102 valence electrons. The lowest BCUT2D eigenvalue weighted by Gasteiger charge is -1.96. The smallest absolute Gasteiger partial charge is 0.257 e. The minimum Gasteiger partial charge on any atom is -0.508 e. The van der Waals surface area contributed by atoms with Crippen molar-refractivity contribution >= 4 is 0 Å². The summed E-state index contributed by atoms with van der Waals surface area (Å²) in [5, 5.41) is 22.0. The summed E-state index contributed by atoms with van der Waals surface area (Å²) in [6.07, 6.45) is 0.528. The Kier molecular flexibility index (Phi) is 3.36. The third kappa shape index (κ3) is 2.90. The van der Waals surface area contributed by atoms with Gasteiger partial charge in [-0.2, -0.15) is 10.2 Å². The summed E-state index contributed by atoms with van der Waals surface area (Å²) in [7, 11) is 0. The van der Waals surface area contributed by atoms with Crippen molar-refractivity contribution in [3.8, 4) is 23.3 Å². The van der Waals surface area contributed by atoms with Crippen LogP contribution in [0.4, 0.5) is 0 Å². The monoisotopic (exact) mass is 277 g/mol. The van der Waals surface area contributed by atoms with Crippen LogP contribution in [0.1, 0.15) is 17.0 Å². The van der Waals surface area contributed by atoms with E-state index in [0.717, 1.165) is 11.1 Å². The largest absolute Gasteiger partial charge is 0.508 e. The molecule has 1 heterocycles. The summed E-state index contributed by atoms with van der Waals surface area (Å²) < 4.78 is 5.23. The van der Waals surface area contributed by atoms with E-state index in [4.69, 9.17) is 9.78 Å². The zero-order valence-electron chi connectivity index (χ0n) is 11.0. The van der Waals surface area contributed by atoms with Gasteiger partial charge in [-0.05, 0) is 42.0 Å². The van der Waals surface area contributed by atoms with Crippen molar-refractivity contribution in [3.63, 3.8) is 0 Å². The third-order valence-electron chi connectivity index (χ3n) is 3.03. The van der Waals surface area contributed by atoms with Crippen LogP contribution in [0.3, 0.4) is 0 Å². The Balaban J connectivity index is 1.79. The highest BCUT2D eigenvalue weighted by Crippen LogP contribution is 2.19. The Bertz CT molecular complexity index is 784. The van der Waals surface area contributed by atoms with Crippen molar-refractivity contribution in [1.29, 1.82) is 5.26 Å². The first-order chi connectivity index (χ1) is 10.2. The number of aromatic hydroxyl groups is 1. The molecular weight excluding hydrogens is 266 g/mol. The second-order valence-corrected chi connectivity index (χ2v) is 4.55. The predicted octanol–water partition coefficient (Wildman–Crippen LogP) is 2.90. The molecular formula is C16H11N3O2. The normalized spacial score (nSPS) is 10.2. The first-order valence-corrected chi connectivity index (χ1v) is 6.35. The zero-order chi connectivity index (χ0) is 14.7. The molecule has 21 heavy (non-hydrogen) atoms. The van der Waals surface area contributed by atoms with Crippen LogP contribution in [0.5, 0.6) is 5.75 Å². The number of hydrogen-bond acceptors (Lipinski definition) is 5. The van der Waals surface area contributed by atoms with Crippen molar-refractivity contribution in [2.75, 3.05) is 0 Å². The highest BCUT2D eigenvalue weighted by atomic mass is 16.5. The van der Waals surface area contributed by atoms with Gasteiger partial charge in [-0.3, -0.25) is 0 Å². The molecule has 0 saturated carbocycles. The Morgan fingerprint density at radius 2 is 1.76 bits per heavy atom. The predicted molar refractivity (Wildman–Crippen MR) is 75.4 cm³/mol. The highest BCUT2D eigenvalue weighted by Gasteiger charge is 2.09. The molecule has 0 aliphatic carbocycles. The molecule has 0 atom stereocenters. The molecule has 5 heteroatoms. The van der Waals surface area contributed by atoms with Gasteiger partial charge in [0.25, 0.3) is 5.89 Å². The number of rotatable bonds is 3. The fourth-order valence-corrected chi connectivity index (χ4v) is 1.93. The quantitative estimate of drug-likeness (QED) is 0.795. The second kappa shape index (κ2) is 5.47. The van der Waals surface area contributed by atoms with Gasteiger partial charge in [-0.1, -0.05) is 17.3 Å². The molecule has 3 rings (SSSR count). The number of hydrogen-bond donors (Lipinski definition) is 1. The lowest BCUT2D eigenvalue weighted by atomic mass is 10.1. The lowest BCUT2D eigenvalue weighted by molar-refractivity contribution is 0.424. The number of phenolic OH excluding ortho intramolecular Hbond substituents is 1. The van der Waals surface area contributed by atoms with Crippen LogP contribution < -0.4 is 0 Å². The first kappa shape index (κ1) is 12.9. The van der Waals surface area contributed by atoms with Crippen LogP contribution in [0.2, 0.25) is 0 Å². The van der Waals surface area contributed by atoms with Gasteiger partial charge in [0.05, 0.1) is 11.6 Å². The van der Waals surface area contributed by atoms with Gasteiger partial charge < -0.3 is 9.63 Å². The van der Waals surface area contributed by atoms with Gasteiger partial charge in [0, 0.05) is 12.0 Å². The molecule has 0 amide bonds. The van der Waals surface area contributed by atoms with Crippen molar-refractivity contribution < 1.29 is 9.63 Å². The molecule has 0 aliphatic heterocycles. The Labute approximate surface area is 121 Å². The Morgan fingerprint density at radius 1 is 1.05 bits per heavy atom. The maximum absolute atomic E-state index is 9.25. The van der Waals surface area contributed by atoms with Crippen LogP contribution in [-0.4, -0.2) is 15.2 Å². The molecule has 3 aromatic rings. The summed E-state index contributed by atoms with van der Waals surface area (Å²) in [4.78, 5) is 4.33. The molecule has 0 fully saturated rings. The van der Waals surface area contributed by atoms with Crippen LogP contribution in [0, 0.1) is 11.3 Å². The van der Waals surface area contributed by atoms with Gasteiger partial charge in [-0.15, -0.1) is 0 Å². The van der Waals surface area contributed by atoms with E-state index >= 15 is 0 Å². The van der Waals surface area contributed by atoms with Crippen molar-refractivity contribution in [2.24, 2.45) is 0 Å². The van der Waals surface area contributed by atoms with E-state index < -0.39 is 0 Å². The van der Waals surface area contributed by atoms with Gasteiger partial charge in [-0.25, -0.2) is 0 Å². The minimum atomic E-state index is 0.227. The number of phenols is 1. The second-order valence-electron chi connectivity index (χ2n) is 4.55. The highest BCUT2D eigenvalue weighted by molar-refractivity contribution is 5.54. The summed E-state index contributed by atoms with van der Waals surface area (Å²) >= 11 is 0. The van der Waals surface area contributed by atoms with E-state index in [0.29, 0.717) is 23.7 Å². The van der Waals surface area contributed by atoms with Crippen molar-refractivity contribution in [3.05, 3.63) is 65.5 Å². The number of benzene rings is 2. The summed E-state index contributed by atoms with van der Waals surface area (Å²) in [5.74, 6) is 1.22. The summed E-state index contributed by atoms with van der Waals surface area (Å²) in [5.41, 5.74) is 2.35. The fourth-order valence-electron chi connectivity index (χ4n) is 1.93. The molecule has 1 N–H and O–H groups in total. The number of nitrogens with zero attached hydrogens (tertiary/aromatic N) is 3. The molecule has 0 radical (unpaired) electrons. The SMILES string of the molecule is N#Cc1ccc(-c2nc(Cc3ccc(O)cc3)no2)cc1. The average molecular weight is 277 g/mol. The number of aromatic nitrogens is 2. The molecule has 0 bridgehead atoms. The molecule has 0 unspecified atom stereocenters. The van der Waals surface area contributed by atoms with Gasteiger partial charge >= 0.3 is 0 Å². The first-order valence-electron chi connectivity index (χ1n) is 6.35. The fraction of sp³-hybridized carbons (Fsp3) is 0.0625. The van der Waals surface area contributed by atoms with Gasteiger partial charge in [0.1, 0.15) is 5.75 Å². The Morgan fingerprint density at radius 3 is 2.43 bits per heavy atom. The topological polar surface area (TPSA) is 82.9 Å². The molecule has 1 aromatic heterocycles. The lowest BCUT2D eigenvalue weighted by Crippen LogP contribution is -1.90. The maximum atomic E-state index is 9.25. The Hall–Kier alpha value is -3.13. The van der Waals surface area contributed by atoms with Crippen LogP contribution >= 0.6 is 0 Å². The molecule has 0 aliphatic rings. The van der Waals surface area contributed by atoms with Crippen molar-refractivity contribution in [2.45, 2.75) is 6.42 Å². The molecule has 0 spiro atoms. The summed E-state index contributed by atoms with van der Waals surface area (Å²) in [6.45, 7) is 0. The van der Waals surface area contributed by atoms with E-state index in [-0.39, 0.29) is 5.75 Å². The standard InChI is InChI=1S/C16H11N3O2/c17-10-12-1-5-13(6-2-12)16-18-15(19-21-16)9-11-3-7-14(20)8-4-11/h1-8,20H,9H2. The van der Waals surface area contributed by atoms with Gasteiger partial charge in [0.15, 0.2) is 5.82 Å². The van der Waals surface area contributed by atoms with E-state index in [1.54, 1.807) is 36.4 Å². The zero-order valence-corrected chi connectivity index (χ0v) is 11.0. The van der Waals surface area contributed by atoms with Crippen LogP contribution in [-0.2, 0) is 6.42 Å². The minimum absolute atomic E-state index is 0.227. The van der Waals surface area contributed by atoms with Gasteiger partial charge in [0.2, 0.25) is 0 Å². The van der Waals surface area contributed by atoms with E-state index in [1.807, 2.05) is 12.1 Å². The molecule has 0 saturated heterocycles. The average Bonchev–Trinajstić information content (AvgIpc) is 2.98. The van der Waals surface area contributed by atoms with E-state index in [9.17, 15) is 5.11 Å². The molecule has 2 aromatic carbocycles. The van der Waals surface area contributed by atoms with Crippen LogP contribution in [0.25, 0.3) is 11.5 Å². The summed E-state index contributed by atoms with van der Waals surface area (Å²) in [6, 6.07) is 15.9. The molecule has 5 nitrogen and oxygen atoms in total. The van der Waals surface area contributed by atoms with E-state index in [2.05, 4.69) is 16.2 Å². The van der Waals surface area contributed by atoms with E-state index in [1.165, 1.54) is 0 Å². The maximum Gasteiger partial charge on any atom is 0.257 e. The third-order valence-corrected chi connectivity index (χ3v) is 3.03. The number of nitriles is 1. The van der Waals surface area contributed by atoms with Crippen molar-refractivity contribution in [1.82, 2.24) is 10.1 Å².